The van der Waals surface area contributed by atoms with Gasteiger partial charge in [-0.05, 0) is 12.1 Å². The molecule has 0 radical (unpaired) electrons. The average molecular weight is 313 g/mol. The molecular weight excluding hydrogens is 294 g/mol. The molecule has 0 spiro atoms. The third-order valence-electron chi connectivity index (χ3n) is 3.77. The first-order valence-electron chi connectivity index (χ1n) is 7.46. The number of hydrogen-bond donors (Lipinski definition) is 0. The molecule has 0 N–H and O–H groups in total. The van der Waals surface area contributed by atoms with Crippen molar-refractivity contribution in [3.05, 3.63) is 36.4 Å². The van der Waals surface area contributed by atoms with E-state index in [1.54, 1.807) is 11.1 Å². The summed E-state index contributed by atoms with van der Waals surface area (Å²) >= 11 is 0. The van der Waals surface area contributed by atoms with E-state index in [-0.39, 0.29) is 5.91 Å². The fraction of sp³-hybridized carbons (Fsp3) is 0.400. The number of amides is 1. The van der Waals surface area contributed by atoms with E-state index in [4.69, 9.17) is 0 Å². The lowest BCUT2D eigenvalue weighted by Crippen LogP contribution is -2.49. The van der Waals surface area contributed by atoms with E-state index in [0.29, 0.717) is 18.8 Å². The fourth-order valence-electron chi connectivity index (χ4n) is 2.44. The van der Waals surface area contributed by atoms with Crippen LogP contribution in [0.1, 0.15) is 10.5 Å². The molecule has 2 aromatic heterocycles. The van der Waals surface area contributed by atoms with Crippen molar-refractivity contribution >= 4 is 17.5 Å². The summed E-state index contributed by atoms with van der Waals surface area (Å²) in [4.78, 5) is 26.2. The number of aromatic nitrogens is 4. The average Bonchev–Trinajstić information content (AvgIpc) is 2.62. The van der Waals surface area contributed by atoms with E-state index in [2.05, 4.69) is 25.1 Å². The van der Waals surface area contributed by atoms with Crippen molar-refractivity contribution in [2.45, 2.75) is 0 Å². The van der Waals surface area contributed by atoms with Gasteiger partial charge in [-0.2, -0.15) is 0 Å². The van der Waals surface area contributed by atoms with Gasteiger partial charge >= 0.3 is 0 Å². The largest absolute Gasteiger partial charge is 0.361 e. The second-order valence-corrected chi connectivity index (χ2v) is 5.51. The number of nitrogens with zero attached hydrogens (tertiary/aromatic N) is 7. The molecule has 1 aliphatic heterocycles. The highest BCUT2D eigenvalue weighted by molar-refractivity contribution is 5.92. The predicted octanol–water partition coefficient (Wildman–Crippen LogP) is 0.295. The van der Waals surface area contributed by atoms with Crippen LogP contribution in [0.3, 0.4) is 0 Å². The molecule has 1 aliphatic rings. The van der Waals surface area contributed by atoms with E-state index in [0.717, 1.165) is 24.7 Å². The number of piperazine rings is 1. The van der Waals surface area contributed by atoms with Crippen LogP contribution in [-0.2, 0) is 0 Å². The maximum atomic E-state index is 12.3. The molecule has 0 unspecified atom stereocenters. The Morgan fingerprint density at radius 3 is 2.43 bits per heavy atom. The summed E-state index contributed by atoms with van der Waals surface area (Å²) in [7, 11) is 3.86. The number of carbonyl (C=O) groups excluding carboxylic acids is 1. The minimum absolute atomic E-state index is 0.0770. The first-order chi connectivity index (χ1) is 11.1. The Labute approximate surface area is 134 Å². The van der Waals surface area contributed by atoms with Gasteiger partial charge in [0.1, 0.15) is 5.69 Å². The van der Waals surface area contributed by atoms with Gasteiger partial charge in [-0.25, -0.2) is 4.98 Å². The van der Waals surface area contributed by atoms with E-state index in [1.807, 2.05) is 31.1 Å². The van der Waals surface area contributed by atoms with Crippen LogP contribution in [0.25, 0.3) is 0 Å². The Morgan fingerprint density at radius 1 is 1.09 bits per heavy atom. The first-order valence-corrected chi connectivity index (χ1v) is 7.46. The second kappa shape index (κ2) is 6.55. The maximum Gasteiger partial charge on any atom is 0.274 e. The van der Waals surface area contributed by atoms with Crippen LogP contribution in [0.5, 0.6) is 0 Å². The van der Waals surface area contributed by atoms with Crippen molar-refractivity contribution in [1.82, 2.24) is 25.1 Å². The molecule has 1 saturated heterocycles. The van der Waals surface area contributed by atoms with Gasteiger partial charge in [0.2, 0.25) is 0 Å². The quantitative estimate of drug-likeness (QED) is 0.806. The zero-order valence-corrected chi connectivity index (χ0v) is 13.3. The molecule has 1 fully saturated rings. The van der Waals surface area contributed by atoms with Gasteiger partial charge in [0, 0.05) is 52.7 Å². The molecule has 0 atom stereocenters. The molecule has 8 heteroatoms. The molecule has 23 heavy (non-hydrogen) atoms. The predicted molar refractivity (Wildman–Crippen MR) is 86.5 cm³/mol. The van der Waals surface area contributed by atoms with Crippen molar-refractivity contribution in [3.63, 3.8) is 0 Å². The van der Waals surface area contributed by atoms with Crippen LogP contribution in [0.2, 0.25) is 0 Å². The summed E-state index contributed by atoms with van der Waals surface area (Å²) in [5, 5.41) is 8.45. The summed E-state index contributed by atoms with van der Waals surface area (Å²) in [6, 6.07) is 3.90. The lowest BCUT2D eigenvalue weighted by atomic mass is 10.2. The van der Waals surface area contributed by atoms with Gasteiger partial charge in [-0.3, -0.25) is 9.78 Å². The van der Waals surface area contributed by atoms with Crippen molar-refractivity contribution in [2.75, 3.05) is 50.1 Å². The van der Waals surface area contributed by atoms with Crippen LogP contribution >= 0.6 is 0 Å². The van der Waals surface area contributed by atoms with Crippen molar-refractivity contribution in [3.8, 4) is 0 Å². The smallest absolute Gasteiger partial charge is 0.274 e. The Morgan fingerprint density at radius 2 is 1.87 bits per heavy atom. The van der Waals surface area contributed by atoms with Crippen molar-refractivity contribution < 1.29 is 4.79 Å². The zero-order valence-electron chi connectivity index (χ0n) is 13.3. The molecule has 3 heterocycles. The summed E-state index contributed by atoms with van der Waals surface area (Å²) < 4.78 is 0. The van der Waals surface area contributed by atoms with E-state index >= 15 is 0 Å². The van der Waals surface area contributed by atoms with E-state index in [1.165, 1.54) is 12.4 Å². The second-order valence-electron chi connectivity index (χ2n) is 5.51. The zero-order chi connectivity index (χ0) is 16.2. The highest BCUT2D eigenvalue weighted by Gasteiger charge is 2.23. The first kappa shape index (κ1) is 15.1. The number of anilines is 2. The Kier molecular flexibility index (Phi) is 4.31. The van der Waals surface area contributed by atoms with Gasteiger partial charge in [0.15, 0.2) is 11.6 Å². The lowest BCUT2D eigenvalue weighted by Gasteiger charge is -2.35. The Balaban J connectivity index is 1.61. The number of rotatable bonds is 3. The summed E-state index contributed by atoms with van der Waals surface area (Å²) in [5.74, 6) is 1.58. The van der Waals surface area contributed by atoms with Gasteiger partial charge in [0.05, 0.1) is 6.20 Å². The molecule has 0 aliphatic carbocycles. The SMILES string of the molecule is CN(C)c1ccc(N2CCN(C(=O)c3cnccn3)CC2)nn1. The molecule has 0 aromatic carbocycles. The molecule has 3 rings (SSSR count). The Bertz CT molecular complexity index is 651. The third-order valence-corrected chi connectivity index (χ3v) is 3.77. The fourth-order valence-corrected chi connectivity index (χ4v) is 2.44. The van der Waals surface area contributed by atoms with Crippen molar-refractivity contribution in [2.24, 2.45) is 0 Å². The molecule has 0 bridgehead atoms. The summed E-state index contributed by atoms with van der Waals surface area (Å²) in [5.41, 5.74) is 0.385. The number of hydrogen-bond acceptors (Lipinski definition) is 7. The van der Waals surface area contributed by atoms with Crippen LogP contribution < -0.4 is 9.80 Å². The lowest BCUT2D eigenvalue weighted by molar-refractivity contribution is 0.0740. The molecule has 8 nitrogen and oxygen atoms in total. The van der Waals surface area contributed by atoms with Gasteiger partial charge < -0.3 is 14.7 Å². The van der Waals surface area contributed by atoms with Crippen LogP contribution in [0.4, 0.5) is 11.6 Å². The molecule has 2 aromatic rings. The molecular formula is C15H19N7O. The van der Waals surface area contributed by atoms with Crippen LogP contribution in [0, 0.1) is 0 Å². The normalized spacial score (nSPS) is 14.7. The third kappa shape index (κ3) is 3.36. The molecule has 0 saturated carbocycles. The highest BCUT2D eigenvalue weighted by atomic mass is 16.2. The monoisotopic (exact) mass is 313 g/mol. The molecule has 120 valence electrons. The van der Waals surface area contributed by atoms with Gasteiger partial charge in [-0.1, -0.05) is 0 Å². The highest BCUT2D eigenvalue weighted by Crippen LogP contribution is 2.16. The van der Waals surface area contributed by atoms with E-state index < -0.39 is 0 Å². The summed E-state index contributed by atoms with van der Waals surface area (Å²) in [6.45, 7) is 2.71. The Hall–Kier alpha value is -2.77. The van der Waals surface area contributed by atoms with E-state index in [9.17, 15) is 4.79 Å². The number of carbonyl (C=O) groups is 1. The van der Waals surface area contributed by atoms with Crippen LogP contribution in [-0.4, -0.2) is 71.2 Å². The molecule has 1 amide bonds. The standard InChI is InChI=1S/C15H19N7O/c1-20(2)13-3-4-14(19-18-13)21-7-9-22(10-8-21)15(23)12-11-16-5-6-17-12/h3-6,11H,7-10H2,1-2H3. The minimum atomic E-state index is -0.0770. The van der Waals surface area contributed by atoms with Crippen molar-refractivity contribution in [1.29, 1.82) is 0 Å². The van der Waals surface area contributed by atoms with Crippen LogP contribution in [0.15, 0.2) is 30.7 Å². The van der Waals surface area contributed by atoms with Gasteiger partial charge in [-0.15, -0.1) is 10.2 Å². The topological polar surface area (TPSA) is 78.4 Å². The van der Waals surface area contributed by atoms with Gasteiger partial charge in [0.25, 0.3) is 5.91 Å². The summed E-state index contributed by atoms with van der Waals surface area (Å²) in [6.07, 6.45) is 4.59. The maximum absolute atomic E-state index is 12.3. The minimum Gasteiger partial charge on any atom is -0.361 e.